The Bertz CT molecular complexity index is 1020. The molecule has 9 nitrogen and oxygen atoms in total. The zero-order valence-corrected chi connectivity index (χ0v) is 16.6. The Labute approximate surface area is 179 Å². The van der Waals surface area contributed by atoms with Crippen molar-refractivity contribution in [3.05, 3.63) is 75.1 Å². The van der Waals surface area contributed by atoms with Gasteiger partial charge < -0.3 is 15.8 Å². The summed E-state index contributed by atoms with van der Waals surface area (Å²) < 4.78 is 45.9. The number of esters is 1. The number of primary amides is 1. The number of halogens is 3. The number of nitrogens with two attached hydrogens (primary N) is 1. The molecule has 0 aliphatic heterocycles. The van der Waals surface area contributed by atoms with E-state index in [1.165, 1.54) is 19.1 Å². The summed E-state index contributed by atoms with van der Waals surface area (Å²) in [6.45, 7) is 1.54. The Hall–Kier alpha value is -3.96. The van der Waals surface area contributed by atoms with Crippen molar-refractivity contribution in [1.29, 1.82) is 0 Å². The maximum absolute atomic E-state index is 14.0. The van der Waals surface area contributed by atoms with Gasteiger partial charge in [-0.2, -0.15) is 0 Å². The van der Waals surface area contributed by atoms with Gasteiger partial charge >= 0.3 is 5.97 Å². The average molecular weight is 453 g/mol. The first-order valence-electron chi connectivity index (χ1n) is 9.19. The van der Waals surface area contributed by atoms with E-state index in [-0.39, 0.29) is 30.0 Å². The number of ether oxygens (including phenoxy) is 1. The molecule has 2 aromatic rings. The highest BCUT2D eigenvalue weighted by molar-refractivity contribution is 5.98. The number of nitrogens with zero attached hydrogens (tertiary/aromatic N) is 1. The standard InChI is InChI=1S/C20H18F3N3O6/c1-2-32-16(27)9-13(10-3-5-12(6-4-10)26(30)31)18(19(24)28)25-20(29)17-14(22)7-11(21)8-15(17)23/h3-8,13,18H,2,9H2,1H3,(H2,24,28)(H,25,29)/t13-,18+/m0/s1. The molecule has 0 fully saturated rings. The van der Waals surface area contributed by atoms with Crippen LogP contribution in [0.4, 0.5) is 18.9 Å². The zero-order valence-electron chi connectivity index (χ0n) is 16.6. The number of nitro benzene ring substituents is 1. The summed E-state index contributed by atoms with van der Waals surface area (Å²) >= 11 is 0. The molecule has 0 saturated carbocycles. The summed E-state index contributed by atoms with van der Waals surface area (Å²) in [4.78, 5) is 46.9. The van der Waals surface area contributed by atoms with Crippen molar-refractivity contribution in [3.8, 4) is 0 Å². The average Bonchev–Trinajstić information content (AvgIpc) is 2.70. The number of rotatable bonds is 9. The fourth-order valence-corrected chi connectivity index (χ4v) is 3.01. The SMILES string of the molecule is CCOC(=O)C[C@@H](c1ccc([N+](=O)[O-])cc1)[C@@H](NC(=O)c1c(F)cc(F)cc1F)C(N)=O. The van der Waals surface area contributed by atoms with Gasteiger partial charge in [0.2, 0.25) is 5.91 Å². The van der Waals surface area contributed by atoms with Crippen LogP contribution in [0.15, 0.2) is 36.4 Å². The molecule has 0 bridgehead atoms. The fourth-order valence-electron chi connectivity index (χ4n) is 3.01. The summed E-state index contributed by atoms with van der Waals surface area (Å²) in [5, 5.41) is 12.9. The monoisotopic (exact) mass is 453 g/mol. The molecular weight excluding hydrogens is 435 g/mol. The van der Waals surface area contributed by atoms with E-state index in [1.807, 2.05) is 0 Å². The minimum atomic E-state index is -1.67. The molecule has 32 heavy (non-hydrogen) atoms. The van der Waals surface area contributed by atoms with Gasteiger partial charge in [0.1, 0.15) is 29.1 Å². The molecule has 0 aliphatic rings. The van der Waals surface area contributed by atoms with Gasteiger partial charge in [-0.25, -0.2) is 13.2 Å². The van der Waals surface area contributed by atoms with E-state index in [2.05, 4.69) is 5.32 Å². The molecule has 0 aliphatic carbocycles. The number of nitro groups is 1. The summed E-state index contributed by atoms with van der Waals surface area (Å²) in [6, 6.07) is 3.58. The quantitative estimate of drug-likeness (QED) is 0.339. The highest BCUT2D eigenvalue weighted by atomic mass is 19.1. The van der Waals surface area contributed by atoms with E-state index in [0.717, 1.165) is 12.1 Å². The molecule has 3 N–H and O–H groups in total. The van der Waals surface area contributed by atoms with Crippen LogP contribution in [0.25, 0.3) is 0 Å². The van der Waals surface area contributed by atoms with Gasteiger partial charge in [-0.15, -0.1) is 0 Å². The third kappa shape index (κ3) is 5.80. The Balaban J connectivity index is 2.44. The predicted octanol–water partition coefficient (Wildman–Crippen LogP) is 2.33. The van der Waals surface area contributed by atoms with Crippen molar-refractivity contribution in [3.63, 3.8) is 0 Å². The first-order chi connectivity index (χ1) is 15.0. The number of carbonyl (C=O) groups is 3. The predicted molar refractivity (Wildman–Crippen MR) is 104 cm³/mol. The van der Waals surface area contributed by atoms with Gasteiger partial charge in [-0.3, -0.25) is 24.5 Å². The van der Waals surface area contributed by atoms with E-state index < -0.39 is 64.1 Å². The summed E-state index contributed by atoms with van der Waals surface area (Å²) in [6.07, 6.45) is -0.492. The van der Waals surface area contributed by atoms with Gasteiger partial charge in [-0.05, 0) is 12.5 Å². The van der Waals surface area contributed by atoms with E-state index in [9.17, 15) is 37.7 Å². The number of nitrogens with one attached hydrogen (secondary N) is 1. The molecule has 170 valence electrons. The minimum Gasteiger partial charge on any atom is -0.466 e. The van der Waals surface area contributed by atoms with Crippen molar-refractivity contribution in [2.24, 2.45) is 5.73 Å². The van der Waals surface area contributed by atoms with Gasteiger partial charge in [0.25, 0.3) is 11.6 Å². The minimum absolute atomic E-state index is 0.00537. The van der Waals surface area contributed by atoms with Crippen LogP contribution in [0.5, 0.6) is 0 Å². The van der Waals surface area contributed by atoms with Crippen LogP contribution in [0, 0.1) is 27.6 Å². The maximum Gasteiger partial charge on any atom is 0.306 e. The molecule has 0 spiro atoms. The van der Waals surface area contributed by atoms with Crippen LogP contribution in [0.2, 0.25) is 0 Å². The lowest BCUT2D eigenvalue weighted by Crippen LogP contribution is -2.49. The molecule has 0 saturated heterocycles. The second kappa shape index (κ2) is 10.4. The number of hydrogen-bond donors (Lipinski definition) is 2. The Morgan fingerprint density at radius 1 is 1.12 bits per heavy atom. The number of amides is 2. The van der Waals surface area contributed by atoms with E-state index in [1.54, 1.807) is 0 Å². The summed E-state index contributed by atoms with van der Waals surface area (Å²) in [5.74, 6) is -8.83. The number of non-ortho nitro benzene ring substituents is 1. The van der Waals surface area contributed by atoms with Crippen molar-refractivity contribution in [2.45, 2.75) is 25.3 Å². The van der Waals surface area contributed by atoms with Gasteiger partial charge in [-0.1, -0.05) is 12.1 Å². The summed E-state index contributed by atoms with van der Waals surface area (Å²) in [7, 11) is 0. The smallest absolute Gasteiger partial charge is 0.306 e. The molecule has 0 aromatic heterocycles. The van der Waals surface area contributed by atoms with Crippen molar-refractivity contribution >= 4 is 23.5 Å². The van der Waals surface area contributed by atoms with Crippen molar-refractivity contribution < 1.29 is 37.2 Å². The number of hydrogen-bond acceptors (Lipinski definition) is 6. The number of carbonyl (C=O) groups excluding carboxylic acids is 3. The first-order valence-corrected chi connectivity index (χ1v) is 9.19. The third-order valence-corrected chi connectivity index (χ3v) is 4.45. The molecule has 2 rings (SSSR count). The fraction of sp³-hybridized carbons (Fsp3) is 0.250. The molecule has 2 aromatic carbocycles. The number of benzene rings is 2. The Morgan fingerprint density at radius 3 is 2.16 bits per heavy atom. The normalized spacial score (nSPS) is 12.5. The van der Waals surface area contributed by atoms with Gasteiger partial charge in [0, 0.05) is 30.2 Å². The second-order valence-corrected chi connectivity index (χ2v) is 6.56. The van der Waals surface area contributed by atoms with E-state index in [0.29, 0.717) is 0 Å². The van der Waals surface area contributed by atoms with Crippen molar-refractivity contribution in [2.75, 3.05) is 6.61 Å². The molecule has 0 heterocycles. The lowest BCUT2D eigenvalue weighted by Gasteiger charge is -2.25. The molecule has 2 amide bonds. The summed E-state index contributed by atoms with van der Waals surface area (Å²) in [5.41, 5.74) is 4.12. The molecule has 12 heteroatoms. The first kappa shape index (κ1) is 24.3. The van der Waals surface area contributed by atoms with Crippen LogP contribution in [0.3, 0.4) is 0 Å². The van der Waals surface area contributed by atoms with Crippen LogP contribution in [-0.4, -0.2) is 35.4 Å². The van der Waals surface area contributed by atoms with Gasteiger partial charge in [0.15, 0.2) is 0 Å². The third-order valence-electron chi connectivity index (χ3n) is 4.45. The van der Waals surface area contributed by atoms with E-state index in [4.69, 9.17) is 10.5 Å². The zero-order chi connectivity index (χ0) is 24.0. The highest BCUT2D eigenvalue weighted by Gasteiger charge is 2.34. The Morgan fingerprint density at radius 2 is 1.69 bits per heavy atom. The second-order valence-electron chi connectivity index (χ2n) is 6.56. The Kier molecular flexibility index (Phi) is 7.88. The lowest BCUT2D eigenvalue weighted by molar-refractivity contribution is -0.384. The van der Waals surface area contributed by atoms with E-state index >= 15 is 0 Å². The molecule has 2 atom stereocenters. The maximum atomic E-state index is 14.0. The lowest BCUT2D eigenvalue weighted by atomic mass is 9.87. The highest BCUT2D eigenvalue weighted by Crippen LogP contribution is 2.27. The van der Waals surface area contributed by atoms with Crippen molar-refractivity contribution in [1.82, 2.24) is 5.32 Å². The van der Waals surface area contributed by atoms with Crippen LogP contribution in [-0.2, 0) is 14.3 Å². The molecular formula is C20H18F3N3O6. The van der Waals surface area contributed by atoms with Crippen LogP contribution >= 0.6 is 0 Å². The molecule has 0 unspecified atom stereocenters. The van der Waals surface area contributed by atoms with Gasteiger partial charge in [0.05, 0.1) is 18.0 Å². The largest absolute Gasteiger partial charge is 0.466 e. The van der Waals surface area contributed by atoms with Crippen LogP contribution in [0.1, 0.15) is 35.2 Å². The topological polar surface area (TPSA) is 142 Å². The van der Waals surface area contributed by atoms with Crippen LogP contribution < -0.4 is 11.1 Å². The molecule has 0 radical (unpaired) electrons.